The summed E-state index contributed by atoms with van der Waals surface area (Å²) in [6.45, 7) is 2.37. The van der Waals surface area contributed by atoms with Gasteiger partial charge in [-0.3, -0.25) is 0 Å². The van der Waals surface area contributed by atoms with E-state index in [9.17, 15) is 0 Å². The second-order valence-electron chi connectivity index (χ2n) is 6.15. The molecular formula is C20H21N3S. The molecule has 2 heterocycles. The van der Waals surface area contributed by atoms with Gasteiger partial charge in [0.15, 0.2) is 5.13 Å². The smallest absolute Gasteiger partial charge is 0.190 e. The van der Waals surface area contributed by atoms with Crippen LogP contribution in [-0.2, 0) is 0 Å². The lowest BCUT2D eigenvalue weighted by atomic mass is 10.1. The number of nitrogens with zero attached hydrogens (tertiary/aromatic N) is 3. The van der Waals surface area contributed by atoms with Gasteiger partial charge in [-0.1, -0.05) is 30.3 Å². The SMILES string of the molecule is CN(c1ccccc1)c1nc(-c2ccc(N3CCCC3)cc2)cs1. The van der Waals surface area contributed by atoms with Crippen LogP contribution in [0.5, 0.6) is 0 Å². The molecule has 0 unspecified atom stereocenters. The summed E-state index contributed by atoms with van der Waals surface area (Å²) in [6, 6.07) is 19.2. The average Bonchev–Trinajstić information content (AvgIpc) is 3.34. The number of benzene rings is 2. The summed E-state index contributed by atoms with van der Waals surface area (Å²) in [7, 11) is 2.06. The Morgan fingerprint density at radius 1 is 0.958 bits per heavy atom. The van der Waals surface area contributed by atoms with Crippen molar-refractivity contribution in [1.29, 1.82) is 0 Å². The van der Waals surface area contributed by atoms with Gasteiger partial charge in [0.1, 0.15) is 0 Å². The Morgan fingerprint density at radius 3 is 2.38 bits per heavy atom. The predicted octanol–water partition coefficient (Wildman–Crippen LogP) is 5.18. The number of para-hydroxylation sites is 1. The van der Waals surface area contributed by atoms with Crippen LogP contribution < -0.4 is 9.80 Å². The predicted molar refractivity (Wildman–Crippen MR) is 104 cm³/mol. The van der Waals surface area contributed by atoms with E-state index < -0.39 is 0 Å². The highest BCUT2D eigenvalue weighted by Crippen LogP contribution is 2.32. The molecule has 3 nitrogen and oxygen atoms in total. The fraction of sp³-hybridized carbons (Fsp3) is 0.250. The minimum Gasteiger partial charge on any atom is -0.372 e. The van der Waals surface area contributed by atoms with Gasteiger partial charge in [0.05, 0.1) is 5.69 Å². The fourth-order valence-electron chi connectivity index (χ4n) is 3.13. The average molecular weight is 335 g/mol. The Morgan fingerprint density at radius 2 is 1.67 bits per heavy atom. The Labute approximate surface area is 147 Å². The van der Waals surface area contributed by atoms with Gasteiger partial charge >= 0.3 is 0 Å². The van der Waals surface area contributed by atoms with Crippen LogP contribution in [0.3, 0.4) is 0 Å². The van der Waals surface area contributed by atoms with E-state index in [1.807, 2.05) is 6.07 Å². The van der Waals surface area contributed by atoms with Crippen molar-refractivity contribution < 1.29 is 0 Å². The van der Waals surface area contributed by atoms with E-state index in [2.05, 4.69) is 70.8 Å². The first kappa shape index (κ1) is 15.2. The number of thiazole rings is 1. The molecule has 0 radical (unpaired) electrons. The summed E-state index contributed by atoms with van der Waals surface area (Å²) in [5.74, 6) is 0. The molecule has 1 saturated heterocycles. The van der Waals surface area contributed by atoms with E-state index in [0.717, 1.165) is 16.5 Å². The topological polar surface area (TPSA) is 19.4 Å². The van der Waals surface area contributed by atoms with E-state index in [-0.39, 0.29) is 0 Å². The van der Waals surface area contributed by atoms with Crippen molar-refractivity contribution in [3.8, 4) is 11.3 Å². The van der Waals surface area contributed by atoms with Crippen molar-refractivity contribution in [2.75, 3.05) is 29.9 Å². The van der Waals surface area contributed by atoms with E-state index in [0.29, 0.717) is 0 Å². The highest BCUT2D eigenvalue weighted by Gasteiger charge is 2.13. The molecule has 122 valence electrons. The van der Waals surface area contributed by atoms with Crippen LogP contribution in [-0.4, -0.2) is 25.1 Å². The molecule has 0 aliphatic carbocycles. The molecule has 4 heteroatoms. The van der Waals surface area contributed by atoms with E-state index in [1.165, 1.54) is 37.2 Å². The summed E-state index contributed by atoms with van der Waals surface area (Å²) in [6.07, 6.45) is 2.62. The number of hydrogen-bond acceptors (Lipinski definition) is 4. The van der Waals surface area contributed by atoms with Crippen LogP contribution in [0.25, 0.3) is 11.3 Å². The fourth-order valence-corrected chi connectivity index (χ4v) is 3.95. The summed E-state index contributed by atoms with van der Waals surface area (Å²) >= 11 is 1.68. The minimum absolute atomic E-state index is 1.01. The molecule has 0 saturated carbocycles. The normalized spacial score (nSPS) is 14.1. The molecule has 1 aliphatic rings. The lowest BCUT2D eigenvalue weighted by Gasteiger charge is -2.17. The second kappa shape index (κ2) is 6.65. The highest BCUT2D eigenvalue weighted by molar-refractivity contribution is 7.14. The first-order chi connectivity index (χ1) is 11.8. The molecule has 1 aliphatic heterocycles. The maximum absolute atomic E-state index is 4.81. The van der Waals surface area contributed by atoms with Gasteiger partial charge in [0.25, 0.3) is 0 Å². The zero-order valence-electron chi connectivity index (χ0n) is 13.9. The van der Waals surface area contributed by atoms with Crippen molar-refractivity contribution in [2.45, 2.75) is 12.8 Å². The van der Waals surface area contributed by atoms with Crippen molar-refractivity contribution in [3.63, 3.8) is 0 Å². The Balaban J connectivity index is 1.54. The van der Waals surface area contributed by atoms with Crippen LogP contribution >= 0.6 is 11.3 Å². The second-order valence-corrected chi connectivity index (χ2v) is 6.99. The van der Waals surface area contributed by atoms with Crippen LogP contribution in [0.1, 0.15) is 12.8 Å². The third-order valence-corrected chi connectivity index (χ3v) is 5.47. The molecule has 24 heavy (non-hydrogen) atoms. The molecule has 4 rings (SSSR count). The third-order valence-electron chi connectivity index (χ3n) is 4.56. The summed E-state index contributed by atoms with van der Waals surface area (Å²) in [5, 5.41) is 3.15. The highest BCUT2D eigenvalue weighted by atomic mass is 32.1. The number of anilines is 3. The molecule has 0 N–H and O–H groups in total. The molecular weight excluding hydrogens is 314 g/mol. The lowest BCUT2D eigenvalue weighted by molar-refractivity contribution is 0.949. The zero-order chi connectivity index (χ0) is 16.4. The van der Waals surface area contributed by atoms with Gasteiger partial charge in [-0.05, 0) is 37.1 Å². The zero-order valence-corrected chi connectivity index (χ0v) is 14.7. The standard InChI is InChI=1S/C20H21N3S/c1-22(17-7-3-2-4-8-17)20-21-19(15-24-20)16-9-11-18(12-10-16)23-13-5-6-14-23/h2-4,7-12,15H,5-6,13-14H2,1H3. The molecule has 1 fully saturated rings. The molecule has 2 aromatic carbocycles. The Hall–Kier alpha value is -2.33. The summed E-state index contributed by atoms with van der Waals surface area (Å²) < 4.78 is 0. The number of rotatable bonds is 4. The van der Waals surface area contributed by atoms with Crippen molar-refractivity contribution >= 4 is 27.8 Å². The molecule has 0 spiro atoms. The van der Waals surface area contributed by atoms with Crippen LogP contribution in [0.4, 0.5) is 16.5 Å². The van der Waals surface area contributed by atoms with Gasteiger partial charge < -0.3 is 9.80 Å². The van der Waals surface area contributed by atoms with Crippen LogP contribution in [0.2, 0.25) is 0 Å². The van der Waals surface area contributed by atoms with Crippen LogP contribution in [0, 0.1) is 0 Å². The van der Waals surface area contributed by atoms with E-state index in [1.54, 1.807) is 11.3 Å². The van der Waals surface area contributed by atoms with Crippen molar-refractivity contribution in [2.24, 2.45) is 0 Å². The van der Waals surface area contributed by atoms with Gasteiger partial charge in [0, 0.05) is 42.5 Å². The maximum Gasteiger partial charge on any atom is 0.190 e. The quantitative estimate of drug-likeness (QED) is 0.655. The first-order valence-electron chi connectivity index (χ1n) is 8.41. The maximum atomic E-state index is 4.81. The summed E-state index contributed by atoms with van der Waals surface area (Å²) in [5.41, 5.74) is 4.71. The number of aromatic nitrogens is 1. The summed E-state index contributed by atoms with van der Waals surface area (Å²) in [4.78, 5) is 9.40. The first-order valence-corrected chi connectivity index (χ1v) is 9.29. The lowest BCUT2D eigenvalue weighted by Crippen LogP contribution is -2.17. The molecule has 0 amide bonds. The minimum atomic E-state index is 1.01. The Kier molecular flexibility index (Phi) is 4.22. The van der Waals surface area contributed by atoms with Crippen molar-refractivity contribution in [1.82, 2.24) is 4.98 Å². The van der Waals surface area contributed by atoms with Gasteiger partial charge in [-0.25, -0.2) is 4.98 Å². The molecule has 3 aromatic rings. The monoisotopic (exact) mass is 335 g/mol. The van der Waals surface area contributed by atoms with Crippen LogP contribution in [0.15, 0.2) is 60.0 Å². The molecule has 1 aromatic heterocycles. The molecule has 0 atom stereocenters. The number of hydrogen-bond donors (Lipinski definition) is 0. The van der Waals surface area contributed by atoms with Gasteiger partial charge in [-0.2, -0.15) is 0 Å². The third kappa shape index (κ3) is 3.02. The largest absolute Gasteiger partial charge is 0.372 e. The van der Waals surface area contributed by atoms with Gasteiger partial charge in [-0.15, -0.1) is 11.3 Å². The van der Waals surface area contributed by atoms with Gasteiger partial charge in [0.2, 0.25) is 0 Å². The van der Waals surface area contributed by atoms with E-state index >= 15 is 0 Å². The van der Waals surface area contributed by atoms with E-state index in [4.69, 9.17) is 4.98 Å². The molecule has 0 bridgehead atoms. The Bertz CT molecular complexity index is 789. The van der Waals surface area contributed by atoms with Crippen molar-refractivity contribution in [3.05, 3.63) is 60.0 Å².